The fourth-order valence-electron chi connectivity index (χ4n) is 2.64. The summed E-state index contributed by atoms with van der Waals surface area (Å²) >= 11 is 9.13. The number of hydrogen-bond acceptors (Lipinski definition) is 7. The van der Waals surface area contributed by atoms with Crippen molar-refractivity contribution in [3.63, 3.8) is 0 Å². The lowest BCUT2D eigenvalue weighted by molar-refractivity contribution is 0.0959. The molecule has 0 spiro atoms. The quantitative estimate of drug-likeness (QED) is 0.656. The minimum Gasteiger partial charge on any atom is -0.354 e. The van der Waals surface area contributed by atoms with Gasteiger partial charge in [0.2, 0.25) is 0 Å². The van der Waals surface area contributed by atoms with Gasteiger partial charge in [-0.05, 0) is 29.2 Å². The molecular formula is C18H15ClN4O2S2. The lowest BCUT2D eigenvalue weighted by Gasteiger charge is -2.20. The van der Waals surface area contributed by atoms with E-state index in [4.69, 9.17) is 16.3 Å². The third-order valence-corrected chi connectivity index (χ3v) is 6.18. The fourth-order valence-corrected chi connectivity index (χ4v) is 4.63. The van der Waals surface area contributed by atoms with Crippen molar-refractivity contribution in [2.75, 3.05) is 19.0 Å². The Balaban J connectivity index is 1.82. The summed E-state index contributed by atoms with van der Waals surface area (Å²) in [5, 5.41) is 17.7. The maximum Gasteiger partial charge on any atom is 0.273 e. The molecular weight excluding hydrogens is 404 g/mol. The average molecular weight is 419 g/mol. The number of aromatic nitrogens is 2. The number of benzene rings is 1. The molecule has 2 aromatic heterocycles. The Labute approximate surface area is 169 Å². The summed E-state index contributed by atoms with van der Waals surface area (Å²) in [6.45, 7) is 0.537. The number of carbonyl (C=O) groups is 1. The van der Waals surface area contributed by atoms with E-state index in [1.807, 2.05) is 41.8 Å². The predicted molar refractivity (Wildman–Crippen MR) is 111 cm³/mol. The van der Waals surface area contributed by atoms with Crippen molar-refractivity contribution in [2.45, 2.75) is 5.56 Å². The Morgan fingerprint density at radius 1 is 1.33 bits per heavy atom. The summed E-state index contributed by atoms with van der Waals surface area (Å²) in [5.74, 6) is 0.305. The van der Waals surface area contributed by atoms with Crippen LogP contribution in [-0.2, 0) is 4.74 Å². The first-order valence-electron chi connectivity index (χ1n) is 8.12. The van der Waals surface area contributed by atoms with Gasteiger partial charge in [-0.2, -0.15) is 0 Å². The van der Waals surface area contributed by atoms with Gasteiger partial charge in [0.05, 0.1) is 11.3 Å². The summed E-state index contributed by atoms with van der Waals surface area (Å²) in [4.78, 5) is 13.2. The number of fused-ring (bicyclic) bond motifs is 1. The predicted octanol–water partition coefficient (Wildman–Crippen LogP) is 4.34. The van der Waals surface area contributed by atoms with Gasteiger partial charge >= 0.3 is 0 Å². The van der Waals surface area contributed by atoms with Crippen molar-refractivity contribution < 1.29 is 9.53 Å². The first kappa shape index (κ1) is 18.2. The molecule has 4 rings (SSSR count). The Hall–Kier alpha value is -2.13. The molecule has 0 fully saturated rings. The van der Waals surface area contributed by atoms with Crippen LogP contribution in [0.1, 0.15) is 10.5 Å². The second-order valence-corrected chi connectivity index (χ2v) is 8.12. The smallest absolute Gasteiger partial charge is 0.273 e. The van der Waals surface area contributed by atoms with Crippen LogP contribution >= 0.6 is 34.7 Å². The van der Waals surface area contributed by atoms with Gasteiger partial charge in [-0.1, -0.05) is 41.6 Å². The standard InChI is InChI=1S/C18H15ClN4O2S2/c1-20-17(24)14-15-12(9-13(27-15)10-4-2-5-11(19)8-10)16(23-22-14)21-18-25-6-3-7-26-18/h2-5,7-9,18H,6H2,1H3,(H,20,24)(H,21,23). The molecule has 3 heterocycles. The Morgan fingerprint density at radius 2 is 2.22 bits per heavy atom. The van der Waals surface area contributed by atoms with Crippen LogP contribution in [0.3, 0.4) is 0 Å². The Bertz CT molecular complexity index is 1040. The topological polar surface area (TPSA) is 76.1 Å². The van der Waals surface area contributed by atoms with Gasteiger partial charge in [0.15, 0.2) is 17.1 Å². The van der Waals surface area contributed by atoms with Crippen molar-refractivity contribution >= 4 is 56.5 Å². The van der Waals surface area contributed by atoms with E-state index in [2.05, 4.69) is 20.8 Å². The van der Waals surface area contributed by atoms with Crippen molar-refractivity contribution in [2.24, 2.45) is 0 Å². The summed E-state index contributed by atoms with van der Waals surface area (Å²) in [7, 11) is 1.58. The molecule has 9 heteroatoms. The minimum atomic E-state index is -0.273. The van der Waals surface area contributed by atoms with E-state index in [1.54, 1.807) is 7.05 Å². The van der Waals surface area contributed by atoms with Gasteiger partial charge in [0.25, 0.3) is 5.91 Å². The molecule has 2 N–H and O–H groups in total. The van der Waals surface area contributed by atoms with Crippen molar-refractivity contribution in [1.82, 2.24) is 15.5 Å². The SMILES string of the molecule is CNC(=O)c1nnc(NC2OCC=CS2)c2cc(-c3cccc(Cl)c3)sc12. The van der Waals surface area contributed by atoms with E-state index in [1.165, 1.54) is 23.1 Å². The summed E-state index contributed by atoms with van der Waals surface area (Å²) in [6.07, 6.45) is 1.95. The van der Waals surface area contributed by atoms with E-state index in [-0.39, 0.29) is 11.5 Å². The highest BCUT2D eigenvalue weighted by molar-refractivity contribution is 8.02. The third kappa shape index (κ3) is 3.79. The average Bonchev–Trinajstić information content (AvgIpc) is 3.14. The van der Waals surface area contributed by atoms with Crippen molar-refractivity contribution in [1.29, 1.82) is 0 Å². The number of anilines is 1. The second kappa shape index (κ2) is 7.85. The van der Waals surface area contributed by atoms with Gasteiger partial charge in [-0.25, -0.2) is 0 Å². The zero-order chi connectivity index (χ0) is 18.8. The number of halogens is 1. The number of hydrogen-bond donors (Lipinski definition) is 2. The maximum atomic E-state index is 12.2. The van der Waals surface area contributed by atoms with Gasteiger partial charge < -0.3 is 15.4 Å². The Morgan fingerprint density at radius 3 is 2.96 bits per heavy atom. The highest BCUT2D eigenvalue weighted by Crippen LogP contribution is 2.38. The first-order chi connectivity index (χ1) is 13.2. The molecule has 0 saturated heterocycles. The maximum absolute atomic E-state index is 12.2. The molecule has 3 aromatic rings. The molecule has 138 valence electrons. The van der Waals surface area contributed by atoms with E-state index in [0.717, 1.165) is 20.5 Å². The largest absolute Gasteiger partial charge is 0.354 e. The molecule has 1 aromatic carbocycles. The van der Waals surface area contributed by atoms with Gasteiger partial charge in [-0.15, -0.1) is 21.5 Å². The zero-order valence-electron chi connectivity index (χ0n) is 14.2. The number of nitrogens with zero attached hydrogens (tertiary/aromatic N) is 2. The van der Waals surface area contributed by atoms with Crippen LogP contribution in [0.15, 0.2) is 41.8 Å². The summed E-state index contributed by atoms with van der Waals surface area (Å²) in [5.41, 5.74) is 1.02. The molecule has 1 aliphatic rings. The number of amides is 1. The van der Waals surface area contributed by atoms with Crippen LogP contribution in [-0.4, -0.2) is 35.3 Å². The fraction of sp³-hybridized carbons (Fsp3) is 0.167. The van der Waals surface area contributed by atoms with Crippen molar-refractivity contribution in [3.8, 4) is 10.4 Å². The van der Waals surface area contributed by atoms with Crippen LogP contribution in [0.5, 0.6) is 0 Å². The van der Waals surface area contributed by atoms with E-state index in [9.17, 15) is 4.79 Å². The highest BCUT2D eigenvalue weighted by atomic mass is 35.5. The number of thioether (sulfide) groups is 1. The normalized spacial score (nSPS) is 16.4. The Kier molecular flexibility index (Phi) is 5.31. The minimum absolute atomic E-state index is 0.257. The van der Waals surface area contributed by atoms with Gasteiger partial charge in [-0.3, -0.25) is 4.79 Å². The van der Waals surface area contributed by atoms with Gasteiger partial charge in [0.1, 0.15) is 0 Å². The molecule has 0 aliphatic carbocycles. The monoisotopic (exact) mass is 418 g/mol. The number of rotatable bonds is 4. The molecule has 1 atom stereocenters. The molecule has 6 nitrogen and oxygen atoms in total. The second-order valence-electron chi connectivity index (χ2n) is 5.66. The van der Waals surface area contributed by atoms with E-state index >= 15 is 0 Å². The lowest BCUT2D eigenvalue weighted by Crippen LogP contribution is -2.23. The first-order valence-corrected chi connectivity index (χ1v) is 10.3. The van der Waals surface area contributed by atoms with Crippen LogP contribution < -0.4 is 10.6 Å². The van der Waals surface area contributed by atoms with Crippen molar-refractivity contribution in [3.05, 3.63) is 52.5 Å². The molecule has 0 bridgehead atoms. The molecule has 27 heavy (non-hydrogen) atoms. The number of carbonyl (C=O) groups excluding carboxylic acids is 1. The van der Waals surface area contributed by atoms with Crippen LogP contribution in [0.4, 0.5) is 5.82 Å². The van der Waals surface area contributed by atoms with Crippen LogP contribution in [0, 0.1) is 0 Å². The number of nitrogens with one attached hydrogen (secondary N) is 2. The summed E-state index contributed by atoms with van der Waals surface area (Å²) in [6, 6.07) is 9.60. The molecule has 1 unspecified atom stereocenters. The molecule has 1 amide bonds. The molecule has 0 radical (unpaired) electrons. The lowest BCUT2D eigenvalue weighted by atomic mass is 10.1. The zero-order valence-corrected chi connectivity index (χ0v) is 16.6. The number of ether oxygens (including phenoxy) is 1. The summed E-state index contributed by atoms with van der Waals surface area (Å²) < 4.78 is 6.40. The van der Waals surface area contributed by atoms with E-state index in [0.29, 0.717) is 23.1 Å². The number of thiophene rings is 1. The highest BCUT2D eigenvalue weighted by Gasteiger charge is 2.21. The van der Waals surface area contributed by atoms with Crippen LogP contribution in [0.2, 0.25) is 5.02 Å². The van der Waals surface area contributed by atoms with Gasteiger partial charge in [0, 0.05) is 22.3 Å². The molecule has 1 aliphatic heterocycles. The van der Waals surface area contributed by atoms with E-state index < -0.39 is 0 Å². The molecule has 0 saturated carbocycles. The third-order valence-electron chi connectivity index (χ3n) is 3.90. The van der Waals surface area contributed by atoms with Crippen LogP contribution in [0.25, 0.3) is 20.5 Å².